The minimum absolute atomic E-state index is 0.226. The van der Waals surface area contributed by atoms with Gasteiger partial charge in [0.05, 0.1) is 45.4 Å². The van der Waals surface area contributed by atoms with E-state index in [1.807, 2.05) is 68.4 Å². The molecule has 9 heteroatoms. The van der Waals surface area contributed by atoms with Crippen LogP contribution in [0.1, 0.15) is 43.3 Å². The summed E-state index contributed by atoms with van der Waals surface area (Å²) < 4.78 is 41.8. The van der Waals surface area contributed by atoms with E-state index in [2.05, 4.69) is 0 Å². The van der Waals surface area contributed by atoms with E-state index in [9.17, 15) is 10.2 Å². The zero-order valence-electron chi connectivity index (χ0n) is 23.1. The summed E-state index contributed by atoms with van der Waals surface area (Å²) in [6, 6.07) is 20.7. The molecule has 2 saturated heterocycles. The summed E-state index contributed by atoms with van der Waals surface area (Å²) in [6.45, 7) is 4.73. The zero-order valence-corrected chi connectivity index (χ0v) is 23.1. The van der Waals surface area contributed by atoms with E-state index >= 15 is 0 Å². The van der Waals surface area contributed by atoms with Gasteiger partial charge in [-0.15, -0.1) is 0 Å². The van der Waals surface area contributed by atoms with Crippen LogP contribution in [0.5, 0.6) is 5.75 Å². The van der Waals surface area contributed by atoms with Gasteiger partial charge in [-0.05, 0) is 49.2 Å². The Morgan fingerprint density at radius 1 is 0.900 bits per heavy atom. The molecule has 0 amide bonds. The third kappa shape index (κ3) is 6.92. The van der Waals surface area contributed by atoms with Crippen LogP contribution in [0.2, 0.25) is 0 Å². The average molecular weight is 555 g/mol. The first-order valence-electron chi connectivity index (χ1n) is 13.6. The number of methoxy groups -OCH3 is 1. The van der Waals surface area contributed by atoms with E-state index in [4.69, 9.17) is 32.8 Å². The Morgan fingerprint density at radius 2 is 1.60 bits per heavy atom. The van der Waals surface area contributed by atoms with E-state index < -0.39 is 42.4 Å². The van der Waals surface area contributed by atoms with Crippen molar-refractivity contribution in [3.05, 3.63) is 89.9 Å². The fourth-order valence-electron chi connectivity index (χ4n) is 5.24. The molecule has 9 nitrogen and oxygen atoms in total. The molecule has 5 rings (SSSR count). The highest BCUT2D eigenvalue weighted by atomic mass is 16.7. The molecular formula is C31H38O9. The Labute approximate surface area is 234 Å². The number of benzene rings is 2. The largest absolute Gasteiger partial charge is 0.497 e. The van der Waals surface area contributed by atoms with Crippen LogP contribution in [0.3, 0.4) is 0 Å². The quantitative estimate of drug-likeness (QED) is 0.341. The molecule has 1 aromatic heterocycles. The normalized spacial score (nSPS) is 27.5. The molecule has 2 aliphatic heterocycles. The third-order valence-electron chi connectivity index (χ3n) is 7.29. The minimum Gasteiger partial charge on any atom is -0.497 e. The highest BCUT2D eigenvalue weighted by Gasteiger charge is 2.52. The van der Waals surface area contributed by atoms with Crippen LogP contribution in [0.15, 0.2) is 77.4 Å². The SMILES string of the molecule is COc1ccc(CO[C@@H]2[C@@H](OCc3ccccc3)[C@@H](C[C@@H]3COC(C)(C)O3)O[C@H]2[C@H](O)[C@@H](O)c2ccco2)cc1. The third-order valence-corrected chi connectivity index (χ3v) is 7.29. The highest BCUT2D eigenvalue weighted by Crippen LogP contribution is 2.37. The van der Waals surface area contributed by atoms with Crippen molar-refractivity contribution < 1.29 is 43.1 Å². The second kappa shape index (κ2) is 12.8. The molecule has 2 N–H and O–H groups in total. The van der Waals surface area contributed by atoms with Crippen molar-refractivity contribution in [2.75, 3.05) is 13.7 Å². The first-order valence-corrected chi connectivity index (χ1v) is 13.6. The predicted octanol–water partition coefficient (Wildman–Crippen LogP) is 4.16. The summed E-state index contributed by atoms with van der Waals surface area (Å²) in [7, 11) is 1.62. The molecule has 0 saturated carbocycles. The van der Waals surface area contributed by atoms with Crippen molar-refractivity contribution >= 4 is 0 Å². The van der Waals surface area contributed by atoms with E-state index in [-0.39, 0.29) is 18.5 Å². The van der Waals surface area contributed by atoms with Gasteiger partial charge < -0.3 is 43.1 Å². The molecule has 3 aromatic rings. The molecule has 2 aliphatic rings. The lowest BCUT2D eigenvalue weighted by Crippen LogP contribution is -2.44. The van der Waals surface area contributed by atoms with Crippen molar-refractivity contribution in [2.24, 2.45) is 0 Å². The fraction of sp³-hybridized carbons (Fsp3) is 0.484. The Balaban J connectivity index is 1.40. The fourth-order valence-corrected chi connectivity index (χ4v) is 5.24. The summed E-state index contributed by atoms with van der Waals surface area (Å²) in [5.41, 5.74) is 1.91. The van der Waals surface area contributed by atoms with Crippen molar-refractivity contribution in [1.82, 2.24) is 0 Å². The Morgan fingerprint density at radius 3 is 2.23 bits per heavy atom. The number of hydrogen-bond donors (Lipinski definition) is 2. The van der Waals surface area contributed by atoms with Crippen molar-refractivity contribution in [2.45, 2.75) is 82.0 Å². The molecule has 0 bridgehead atoms. The Hall–Kier alpha value is -2.76. The maximum atomic E-state index is 11.3. The highest BCUT2D eigenvalue weighted by molar-refractivity contribution is 5.26. The maximum Gasteiger partial charge on any atom is 0.163 e. The number of hydrogen-bond acceptors (Lipinski definition) is 9. The lowest BCUT2D eigenvalue weighted by atomic mass is 9.97. The summed E-state index contributed by atoms with van der Waals surface area (Å²) in [5.74, 6) is 0.292. The van der Waals surface area contributed by atoms with Crippen LogP contribution in [-0.4, -0.2) is 66.3 Å². The molecule has 0 unspecified atom stereocenters. The average Bonchev–Trinajstić information content (AvgIpc) is 3.70. The first kappa shape index (κ1) is 28.8. The van der Waals surface area contributed by atoms with Gasteiger partial charge in [-0.3, -0.25) is 0 Å². The minimum atomic E-state index is -1.34. The molecule has 0 aliphatic carbocycles. The van der Waals surface area contributed by atoms with Gasteiger partial charge in [-0.25, -0.2) is 0 Å². The molecule has 3 heterocycles. The number of ether oxygens (including phenoxy) is 6. The van der Waals surface area contributed by atoms with Crippen molar-refractivity contribution in [3.8, 4) is 5.75 Å². The van der Waals surface area contributed by atoms with Crippen LogP contribution in [0, 0.1) is 0 Å². The number of aliphatic hydroxyl groups excluding tert-OH is 2. The Bertz CT molecular complexity index is 1170. The van der Waals surface area contributed by atoms with E-state index in [0.717, 1.165) is 16.9 Å². The predicted molar refractivity (Wildman–Crippen MR) is 144 cm³/mol. The summed E-state index contributed by atoms with van der Waals surface area (Å²) in [6.07, 6.45) is -3.62. The van der Waals surface area contributed by atoms with Crippen LogP contribution >= 0.6 is 0 Å². The molecule has 0 spiro atoms. The molecule has 2 aromatic carbocycles. The molecule has 2 fully saturated rings. The van der Waals surface area contributed by atoms with E-state index in [0.29, 0.717) is 19.6 Å². The molecule has 0 radical (unpaired) electrons. The van der Waals surface area contributed by atoms with Crippen LogP contribution < -0.4 is 4.74 Å². The molecular weight excluding hydrogens is 516 g/mol. The van der Waals surface area contributed by atoms with Gasteiger partial charge >= 0.3 is 0 Å². The maximum absolute atomic E-state index is 11.3. The van der Waals surface area contributed by atoms with Gasteiger partial charge in [-0.1, -0.05) is 42.5 Å². The lowest BCUT2D eigenvalue weighted by molar-refractivity contribution is -0.148. The van der Waals surface area contributed by atoms with Crippen LogP contribution in [0.25, 0.3) is 0 Å². The van der Waals surface area contributed by atoms with Gasteiger partial charge in [0, 0.05) is 6.42 Å². The van der Waals surface area contributed by atoms with Gasteiger partial charge in [-0.2, -0.15) is 0 Å². The number of rotatable bonds is 12. The van der Waals surface area contributed by atoms with Gasteiger partial charge in [0.25, 0.3) is 0 Å². The van der Waals surface area contributed by atoms with Gasteiger partial charge in [0.1, 0.15) is 42.0 Å². The molecule has 216 valence electrons. The monoisotopic (exact) mass is 554 g/mol. The lowest BCUT2D eigenvalue weighted by Gasteiger charge is -2.28. The summed E-state index contributed by atoms with van der Waals surface area (Å²) in [5, 5.41) is 22.3. The summed E-state index contributed by atoms with van der Waals surface area (Å²) in [4.78, 5) is 0. The zero-order chi connectivity index (χ0) is 28.1. The summed E-state index contributed by atoms with van der Waals surface area (Å²) >= 11 is 0. The molecule has 40 heavy (non-hydrogen) atoms. The van der Waals surface area contributed by atoms with Crippen LogP contribution in [-0.2, 0) is 36.9 Å². The number of aliphatic hydroxyl groups is 2. The van der Waals surface area contributed by atoms with Crippen molar-refractivity contribution in [3.63, 3.8) is 0 Å². The second-order valence-corrected chi connectivity index (χ2v) is 10.7. The smallest absolute Gasteiger partial charge is 0.163 e. The van der Waals surface area contributed by atoms with Crippen LogP contribution in [0.4, 0.5) is 0 Å². The topological polar surface area (TPSA) is 109 Å². The van der Waals surface area contributed by atoms with Gasteiger partial charge in [0.15, 0.2) is 5.79 Å². The standard InChI is InChI=1S/C31H38O9/c1-31(2)38-19-23(40-31)16-25-28(36-17-20-8-5-4-6-9-20)30(37-18-21-11-13-22(34-3)14-12-21)29(39-25)27(33)26(32)24-10-7-15-35-24/h4-15,23,25-30,32-33H,16-19H2,1-3H3/t23-,25-,26+,27-,28+,29+,30-/m1/s1. The van der Waals surface area contributed by atoms with Crippen molar-refractivity contribution in [1.29, 1.82) is 0 Å². The number of furan rings is 1. The second-order valence-electron chi connectivity index (χ2n) is 10.7. The van der Waals surface area contributed by atoms with E-state index in [1.165, 1.54) is 6.26 Å². The Kier molecular flexibility index (Phi) is 9.22. The first-order chi connectivity index (χ1) is 19.3. The molecule has 7 atom stereocenters. The van der Waals surface area contributed by atoms with Gasteiger partial charge in [0.2, 0.25) is 0 Å². The van der Waals surface area contributed by atoms with E-state index in [1.54, 1.807) is 19.2 Å².